The normalized spacial score (nSPS) is 26.7. The third kappa shape index (κ3) is 2.88. The van der Waals surface area contributed by atoms with Gasteiger partial charge in [0.2, 0.25) is 10.0 Å². The molecule has 0 aromatic heterocycles. The van der Waals surface area contributed by atoms with E-state index in [1.807, 2.05) is 6.07 Å². The Morgan fingerprint density at radius 1 is 1.48 bits per heavy atom. The number of carboxylic acid groups (broad SMARTS) is 1. The van der Waals surface area contributed by atoms with Gasteiger partial charge in [-0.2, -0.15) is 0 Å². The lowest BCUT2D eigenvalue weighted by Crippen LogP contribution is -2.41. The summed E-state index contributed by atoms with van der Waals surface area (Å²) in [4.78, 5) is 12.4. The first-order chi connectivity index (χ1) is 10.7. The van der Waals surface area contributed by atoms with Crippen molar-refractivity contribution < 1.29 is 23.1 Å². The number of sulfonamides is 1. The van der Waals surface area contributed by atoms with Gasteiger partial charge in [-0.3, -0.25) is 4.72 Å². The Hall–Kier alpha value is -1.80. The molecule has 0 spiro atoms. The van der Waals surface area contributed by atoms with Crippen molar-refractivity contribution in [1.82, 2.24) is 4.90 Å². The summed E-state index contributed by atoms with van der Waals surface area (Å²) in [5.41, 5.74) is 0.905. The molecule has 0 bridgehead atoms. The number of piperidine rings is 1. The standard InChI is InChI=1S/C15H20N2O5S/c1-10(2)23(20,21)16-12-5-3-4-11(8-12)15-6-7-17(14(18)19)9-13(15)22-15/h3-5,8,10,13,16H,6-7,9H2,1-2H3,(H,18,19). The second kappa shape index (κ2) is 5.38. The van der Waals surface area contributed by atoms with Crippen LogP contribution in [0, 0.1) is 0 Å². The topological polar surface area (TPSA) is 99.2 Å². The van der Waals surface area contributed by atoms with Crippen LogP contribution < -0.4 is 4.72 Å². The Bertz CT molecular complexity index is 733. The molecule has 1 amide bonds. The summed E-state index contributed by atoms with van der Waals surface area (Å²) in [5.74, 6) is 0. The minimum atomic E-state index is -3.40. The van der Waals surface area contributed by atoms with Crippen LogP contribution in [-0.4, -0.2) is 49.0 Å². The van der Waals surface area contributed by atoms with E-state index in [-0.39, 0.29) is 6.10 Å². The number of hydrogen-bond acceptors (Lipinski definition) is 4. The van der Waals surface area contributed by atoms with Crippen LogP contribution in [0.3, 0.4) is 0 Å². The van der Waals surface area contributed by atoms with E-state index in [9.17, 15) is 13.2 Å². The molecule has 2 aliphatic heterocycles. The van der Waals surface area contributed by atoms with Crippen molar-refractivity contribution >= 4 is 21.8 Å². The lowest BCUT2D eigenvalue weighted by molar-refractivity contribution is 0.136. The molecule has 2 N–H and O–H groups in total. The van der Waals surface area contributed by atoms with E-state index in [1.165, 1.54) is 4.90 Å². The van der Waals surface area contributed by atoms with Crippen molar-refractivity contribution in [3.05, 3.63) is 29.8 Å². The Morgan fingerprint density at radius 2 is 2.22 bits per heavy atom. The highest BCUT2D eigenvalue weighted by Gasteiger charge is 2.60. The maximum Gasteiger partial charge on any atom is 0.407 e. The largest absolute Gasteiger partial charge is 0.465 e. The van der Waals surface area contributed by atoms with Crippen molar-refractivity contribution in [3.63, 3.8) is 0 Å². The summed E-state index contributed by atoms with van der Waals surface area (Å²) >= 11 is 0. The Balaban J connectivity index is 1.79. The number of fused-ring (bicyclic) bond motifs is 1. The van der Waals surface area contributed by atoms with E-state index in [0.717, 1.165) is 5.56 Å². The number of nitrogens with zero attached hydrogens (tertiary/aromatic N) is 1. The molecule has 2 heterocycles. The number of epoxide rings is 1. The van der Waals surface area contributed by atoms with Gasteiger partial charge in [-0.05, 0) is 31.5 Å². The number of ether oxygens (including phenoxy) is 1. The average molecular weight is 340 g/mol. The summed E-state index contributed by atoms with van der Waals surface area (Å²) < 4.78 is 32.3. The summed E-state index contributed by atoms with van der Waals surface area (Å²) in [6, 6.07) is 7.15. The van der Waals surface area contributed by atoms with Gasteiger partial charge in [0.1, 0.15) is 11.7 Å². The van der Waals surface area contributed by atoms with Gasteiger partial charge in [-0.15, -0.1) is 0 Å². The predicted molar refractivity (Wildman–Crippen MR) is 84.9 cm³/mol. The summed E-state index contributed by atoms with van der Waals surface area (Å²) in [7, 11) is -3.40. The zero-order chi connectivity index (χ0) is 16.8. The van der Waals surface area contributed by atoms with E-state index in [4.69, 9.17) is 9.84 Å². The summed E-state index contributed by atoms with van der Waals surface area (Å²) in [6.45, 7) is 3.99. The number of anilines is 1. The smallest absolute Gasteiger partial charge is 0.407 e. The SMILES string of the molecule is CC(C)S(=O)(=O)Nc1cccc(C23CCN(C(=O)O)CC2O3)c1. The lowest BCUT2D eigenvalue weighted by atomic mass is 9.89. The first-order valence-corrected chi connectivity index (χ1v) is 9.07. The highest BCUT2D eigenvalue weighted by Crippen LogP contribution is 2.52. The average Bonchev–Trinajstić information content (AvgIpc) is 3.21. The molecule has 8 heteroatoms. The fourth-order valence-electron chi connectivity index (χ4n) is 2.92. The molecule has 0 aliphatic carbocycles. The zero-order valence-corrected chi connectivity index (χ0v) is 13.8. The van der Waals surface area contributed by atoms with Gasteiger partial charge in [0.05, 0.1) is 11.8 Å². The van der Waals surface area contributed by atoms with Gasteiger partial charge in [-0.1, -0.05) is 12.1 Å². The molecule has 126 valence electrons. The van der Waals surface area contributed by atoms with E-state index < -0.39 is 27.0 Å². The van der Waals surface area contributed by atoms with Crippen LogP contribution in [0.2, 0.25) is 0 Å². The minimum Gasteiger partial charge on any atom is -0.465 e. The number of nitrogens with one attached hydrogen (secondary N) is 1. The molecule has 2 fully saturated rings. The van der Waals surface area contributed by atoms with Crippen molar-refractivity contribution in [2.45, 2.75) is 37.2 Å². The lowest BCUT2D eigenvalue weighted by Gasteiger charge is -2.26. The van der Waals surface area contributed by atoms with Crippen LogP contribution in [0.4, 0.5) is 10.5 Å². The number of rotatable bonds is 4. The van der Waals surface area contributed by atoms with Crippen LogP contribution in [0.25, 0.3) is 0 Å². The van der Waals surface area contributed by atoms with Gasteiger partial charge in [0.25, 0.3) is 0 Å². The highest BCUT2D eigenvalue weighted by atomic mass is 32.2. The van der Waals surface area contributed by atoms with E-state index >= 15 is 0 Å². The molecule has 0 radical (unpaired) electrons. The maximum absolute atomic E-state index is 12.0. The molecule has 1 aromatic rings. The number of carbonyl (C=O) groups is 1. The monoisotopic (exact) mass is 340 g/mol. The molecule has 0 saturated carbocycles. The molecule has 7 nitrogen and oxygen atoms in total. The number of hydrogen-bond donors (Lipinski definition) is 2. The van der Waals surface area contributed by atoms with E-state index in [1.54, 1.807) is 32.0 Å². The fourth-order valence-corrected chi connectivity index (χ4v) is 3.61. The van der Waals surface area contributed by atoms with Gasteiger partial charge >= 0.3 is 6.09 Å². The van der Waals surface area contributed by atoms with Gasteiger partial charge in [0, 0.05) is 18.7 Å². The van der Waals surface area contributed by atoms with Crippen molar-refractivity contribution in [2.75, 3.05) is 17.8 Å². The maximum atomic E-state index is 12.0. The molecule has 2 unspecified atom stereocenters. The van der Waals surface area contributed by atoms with Crippen molar-refractivity contribution in [3.8, 4) is 0 Å². The predicted octanol–water partition coefficient (Wildman–Crippen LogP) is 1.81. The first kappa shape index (κ1) is 16.1. The van der Waals surface area contributed by atoms with Crippen LogP contribution in [0.5, 0.6) is 0 Å². The van der Waals surface area contributed by atoms with Gasteiger partial charge in [-0.25, -0.2) is 13.2 Å². The zero-order valence-electron chi connectivity index (χ0n) is 13.0. The third-order valence-electron chi connectivity index (χ3n) is 4.46. The van der Waals surface area contributed by atoms with Crippen LogP contribution in [0.1, 0.15) is 25.8 Å². The fraction of sp³-hybridized carbons (Fsp3) is 0.533. The molecule has 2 saturated heterocycles. The van der Waals surface area contributed by atoms with Crippen molar-refractivity contribution in [1.29, 1.82) is 0 Å². The first-order valence-electron chi connectivity index (χ1n) is 7.52. The molecular weight excluding hydrogens is 320 g/mol. The molecule has 2 atom stereocenters. The Kier molecular flexibility index (Phi) is 3.76. The Labute approximate surface area is 135 Å². The van der Waals surface area contributed by atoms with Crippen LogP contribution in [0.15, 0.2) is 24.3 Å². The second-order valence-electron chi connectivity index (χ2n) is 6.25. The van der Waals surface area contributed by atoms with Crippen LogP contribution in [-0.2, 0) is 20.4 Å². The summed E-state index contributed by atoms with van der Waals surface area (Å²) in [5, 5.41) is 8.53. The number of amides is 1. The van der Waals surface area contributed by atoms with E-state index in [0.29, 0.717) is 25.2 Å². The third-order valence-corrected chi connectivity index (χ3v) is 6.22. The molecule has 1 aromatic carbocycles. The molecular formula is C15H20N2O5S. The minimum absolute atomic E-state index is 0.163. The Morgan fingerprint density at radius 3 is 2.83 bits per heavy atom. The summed E-state index contributed by atoms with van der Waals surface area (Å²) in [6.07, 6.45) is -0.526. The molecule has 2 aliphatic rings. The van der Waals surface area contributed by atoms with Crippen molar-refractivity contribution in [2.24, 2.45) is 0 Å². The second-order valence-corrected chi connectivity index (χ2v) is 8.49. The van der Waals surface area contributed by atoms with Crippen LogP contribution >= 0.6 is 0 Å². The molecule has 3 rings (SSSR count). The molecule has 23 heavy (non-hydrogen) atoms. The number of likely N-dealkylation sites (tertiary alicyclic amines) is 1. The van der Waals surface area contributed by atoms with E-state index in [2.05, 4.69) is 4.72 Å². The van der Waals surface area contributed by atoms with Gasteiger partial charge in [0.15, 0.2) is 0 Å². The quantitative estimate of drug-likeness (QED) is 0.815. The van der Waals surface area contributed by atoms with Gasteiger partial charge < -0.3 is 14.7 Å². The highest BCUT2D eigenvalue weighted by molar-refractivity contribution is 7.93. The number of benzene rings is 1.